The highest BCUT2D eigenvalue weighted by molar-refractivity contribution is 6.27. The van der Waals surface area contributed by atoms with E-state index in [0.717, 1.165) is 19.3 Å². The second-order valence-corrected chi connectivity index (χ2v) is 9.07. The quantitative estimate of drug-likeness (QED) is 0.222. The molecule has 158 valence electrons. The van der Waals surface area contributed by atoms with Gasteiger partial charge in [-0.2, -0.15) is 0 Å². The molecule has 0 aromatic carbocycles. The molecule has 5 heteroatoms. The van der Waals surface area contributed by atoms with Crippen molar-refractivity contribution in [2.24, 2.45) is 29.1 Å². The Balaban J connectivity index is 2.11. The third-order valence-corrected chi connectivity index (χ3v) is 7.08. The van der Waals surface area contributed by atoms with Gasteiger partial charge in [0.05, 0.1) is 6.10 Å². The predicted molar refractivity (Wildman–Crippen MR) is 113 cm³/mol. The zero-order valence-corrected chi connectivity index (χ0v) is 17.8. The highest BCUT2D eigenvalue weighted by atomic mass is 16.3. The van der Waals surface area contributed by atoms with E-state index in [2.05, 4.69) is 24.4 Å². The number of hydrogen-bond donors (Lipinski definition) is 3. The molecule has 3 aliphatic rings. The lowest BCUT2D eigenvalue weighted by Gasteiger charge is -2.50. The van der Waals surface area contributed by atoms with Crippen molar-refractivity contribution >= 4 is 11.7 Å². The molecule has 1 saturated carbocycles. The molecule has 2 fully saturated rings. The Morgan fingerprint density at radius 2 is 2.00 bits per heavy atom. The highest BCUT2D eigenvalue weighted by Crippen LogP contribution is 2.56. The average Bonchev–Trinajstić information content (AvgIpc) is 2.97. The van der Waals surface area contributed by atoms with Crippen LogP contribution in [-0.4, -0.2) is 34.0 Å². The summed E-state index contributed by atoms with van der Waals surface area (Å²) in [5.41, 5.74) is -0.941. The van der Waals surface area contributed by atoms with E-state index < -0.39 is 29.3 Å². The van der Waals surface area contributed by atoms with Gasteiger partial charge < -0.3 is 15.5 Å². The van der Waals surface area contributed by atoms with Gasteiger partial charge in [-0.15, -0.1) is 0 Å². The molecule has 0 radical (unpaired) electrons. The summed E-state index contributed by atoms with van der Waals surface area (Å²) >= 11 is 0. The molecule has 29 heavy (non-hydrogen) atoms. The second kappa shape index (κ2) is 8.31. The number of amides is 1. The van der Waals surface area contributed by atoms with Crippen molar-refractivity contribution in [2.75, 3.05) is 0 Å². The van der Waals surface area contributed by atoms with Gasteiger partial charge in [-0.1, -0.05) is 56.7 Å². The first-order valence-corrected chi connectivity index (χ1v) is 10.7. The van der Waals surface area contributed by atoms with Crippen molar-refractivity contribution in [3.8, 4) is 0 Å². The van der Waals surface area contributed by atoms with Gasteiger partial charge in [0, 0.05) is 11.3 Å². The Labute approximate surface area is 173 Å². The van der Waals surface area contributed by atoms with Crippen LogP contribution in [-0.2, 0) is 9.59 Å². The van der Waals surface area contributed by atoms with E-state index >= 15 is 0 Å². The Bertz CT molecular complexity index is 791. The molecule has 1 amide bonds. The van der Waals surface area contributed by atoms with Crippen LogP contribution in [0.25, 0.3) is 0 Å². The van der Waals surface area contributed by atoms with E-state index in [1.54, 1.807) is 0 Å². The van der Waals surface area contributed by atoms with E-state index in [-0.39, 0.29) is 23.2 Å². The number of aliphatic hydroxyl groups is 2. The smallest absolute Gasteiger partial charge is 0.259 e. The molecule has 0 unspecified atom stereocenters. The van der Waals surface area contributed by atoms with Crippen LogP contribution in [0.1, 0.15) is 47.0 Å². The van der Waals surface area contributed by atoms with E-state index in [0.29, 0.717) is 11.8 Å². The standard InChI is InChI=1S/C24H33NO4/c1-5-6-7-8-17-11-10-16-13-14(2)9-12-18(16)24(17,4)22(28)19-21(27)20(15(3)26)25-23(19)29/h5-8,10-11,14-18,20,26,28H,9,12-13H2,1-4H3,(H,25,29)/b6-5+,8-7+,22-19-/t14-,15-,16-,17-,18+,20+,24-/m1/s1. The number of carbonyl (C=O) groups is 2. The summed E-state index contributed by atoms with van der Waals surface area (Å²) in [5, 5.41) is 23.8. The average molecular weight is 400 g/mol. The lowest BCUT2D eigenvalue weighted by atomic mass is 9.54. The minimum Gasteiger partial charge on any atom is -0.511 e. The maximum absolute atomic E-state index is 12.9. The molecule has 1 aliphatic heterocycles. The van der Waals surface area contributed by atoms with Crippen molar-refractivity contribution in [2.45, 2.75) is 59.1 Å². The monoisotopic (exact) mass is 399 g/mol. The molecule has 2 aliphatic carbocycles. The molecule has 0 aromatic rings. The maximum Gasteiger partial charge on any atom is 0.259 e. The lowest BCUT2D eigenvalue weighted by molar-refractivity contribution is -0.118. The van der Waals surface area contributed by atoms with Crippen LogP contribution in [0, 0.1) is 29.1 Å². The van der Waals surface area contributed by atoms with Crippen molar-refractivity contribution in [3.05, 3.63) is 47.8 Å². The van der Waals surface area contributed by atoms with Gasteiger partial charge in [0.15, 0.2) is 5.78 Å². The predicted octanol–water partition coefficient (Wildman–Crippen LogP) is 3.62. The molecule has 3 N–H and O–H groups in total. The van der Waals surface area contributed by atoms with Gasteiger partial charge >= 0.3 is 0 Å². The topological polar surface area (TPSA) is 86.6 Å². The van der Waals surface area contributed by atoms with Gasteiger partial charge in [-0.3, -0.25) is 9.59 Å². The zero-order chi connectivity index (χ0) is 21.3. The molecule has 0 aromatic heterocycles. The SMILES string of the molecule is C/C=C/C=C/[C@@H]1C=C[C@@H]2C[C@H](C)CC[C@@H]2[C@]1(C)/C(O)=C1/C(=O)N[C@@H]([C@@H](C)O)C1=O. The molecule has 5 nitrogen and oxygen atoms in total. The number of rotatable bonds is 4. The Morgan fingerprint density at radius 3 is 2.62 bits per heavy atom. The summed E-state index contributed by atoms with van der Waals surface area (Å²) in [6.45, 7) is 7.64. The molecular weight excluding hydrogens is 366 g/mol. The molecule has 1 saturated heterocycles. The van der Waals surface area contributed by atoms with Gasteiger partial charge in [0.25, 0.3) is 5.91 Å². The maximum atomic E-state index is 12.9. The summed E-state index contributed by atoms with van der Waals surface area (Å²) < 4.78 is 0. The Morgan fingerprint density at radius 1 is 1.28 bits per heavy atom. The molecule has 7 atom stereocenters. The number of fused-ring (bicyclic) bond motifs is 1. The number of hydrogen-bond acceptors (Lipinski definition) is 4. The summed E-state index contributed by atoms with van der Waals surface area (Å²) in [6, 6.07) is -0.999. The second-order valence-electron chi connectivity index (χ2n) is 9.07. The third-order valence-electron chi connectivity index (χ3n) is 7.08. The third kappa shape index (κ3) is 3.73. The number of allylic oxidation sites excluding steroid dienone is 7. The van der Waals surface area contributed by atoms with Crippen molar-refractivity contribution in [3.63, 3.8) is 0 Å². The summed E-state index contributed by atoms with van der Waals surface area (Å²) in [6.07, 6.45) is 14.2. The molecular formula is C24H33NO4. The number of aliphatic hydroxyl groups excluding tert-OH is 2. The molecule has 1 heterocycles. The number of ketones is 1. The van der Waals surface area contributed by atoms with Crippen LogP contribution in [0.5, 0.6) is 0 Å². The minimum atomic E-state index is -1.01. The lowest BCUT2D eigenvalue weighted by Crippen LogP contribution is -2.45. The Hall–Kier alpha value is -2.14. The molecule has 3 rings (SSSR count). The molecule has 0 bridgehead atoms. The van der Waals surface area contributed by atoms with Crippen molar-refractivity contribution < 1.29 is 19.8 Å². The highest BCUT2D eigenvalue weighted by Gasteiger charge is 2.53. The van der Waals surface area contributed by atoms with Gasteiger partial charge in [0.2, 0.25) is 0 Å². The van der Waals surface area contributed by atoms with Gasteiger partial charge in [-0.25, -0.2) is 0 Å². The fourth-order valence-electron chi connectivity index (χ4n) is 5.36. The van der Waals surface area contributed by atoms with Gasteiger partial charge in [0.1, 0.15) is 17.4 Å². The number of carbonyl (C=O) groups excluding carboxylic acids is 2. The summed E-state index contributed by atoms with van der Waals surface area (Å²) in [7, 11) is 0. The van der Waals surface area contributed by atoms with Crippen molar-refractivity contribution in [1.29, 1.82) is 0 Å². The first kappa shape index (κ1) is 21.6. The normalized spacial score (nSPS) is 40.4. The van der Waals surface area contributed by atoms with Crippen molar-refractivity contribution in [1.82, 2.24) is 5.32 Å². The first-order chi connectivity index (χ1) is 13.7. The fraction of sp³-hybridized carbons (Fsp3) is 0.583. The van der Waals surface area contributed by atoms with Gasteiger partial charge in [-0.05, 0) is 44.4 Å². The largest absolute Gasteiger partial charge is 0.511 e. The zero-order valence-electron chi connectivity index (χ0n) is 17.8. The van der Waals surface area contributed by atoms with Crippen LogP contribution in [0.3, 0.4) is 0 Å². The number of nitrogens with one attached hydrogen (secondary N) is 1. The first-order valence-electron chi connectivity index (χ1n) is 10.7. The number of Topliss-reactive ketones (excluding diaryl/α,β-unsaturated/α-hetero) is 1. The fourth-order valence-corrected chi connectivity index (χ4v) is 5.36. The minimum absolute atomic E-state index is 0.132. The van der Waals surface area contributed by atoms with Crippen LogP contribution in [0.2, 0.25) is 0 Å². The summed E-state index contributed by atoms with van der Waals surface area (Å²) in [5.74, 6) is -0.306. The van der Waals surface area contributed by atoms with Crippen LogP contribution >= 0.6 is 0 Å². The Kier molecular flexibility index (Phi) is 6.18. The molecule has 0 spiro atoms. The van der Waals surface area contributed by atoms with E-state index in [4.69, 9.17) is 0 Å². The summed E-state index contributed by atoms with van der Waals surface area (Å²) in [4.78, 5) is 25.5. The van der Waals surface area contributed by atoms with E-state index in [9.17, 15) is 19.8 Å². The van der Waals surface area contributed by atoms with Crippen LogP contribution < -0.4 is 5.32 Å². The van der Waals surface area contributed by atoms with Crippen LogP contribution in [0.4, 0.5) is 0 Å². The van der Waals surface area contributed by atoms with E-state index in [1.807, 2.05) is 38.2 Å². The van der Waals surface area contributed by atoms with E-state index in [1.165, 1.54) is 6.92 Å². The van der Waals surface area contributed by atoms with Crippen LogP contribution in [0.15, 0.2) is 47.8 Å².